The minimum absolute atomic E-state index is 0.0221. The van der Waals surface area contributed by atoms with Crippen LogP contribution in [0.15, 0.2) is 0 Å². The quantitative estimate of drug-likeness (QED) is 0.734. The molecule has 0 heterocycles. The highest BCUT2D eigenvalue weighted by atomic mass is 19.4. The highest BCUT2D eigenvalue weighted by Gasteiger charge is 2.48. The van der Waals surface area contributed by atoms with Crippen molar-refractivity contribution in [1.82, 2.24) is 5.32 Å². The van der Waals surface area contributed by atoms with Gasteiger partial charge < -0.3 is 10.1 Å². The van der Waals surface area contributed by atoms with Crippen LogP contribution in [0.25, 0.3) is 0 Å². The third-order valence-electron chi connectivity index (χ3n) is 3.55. The molecule has 102 valence electrons. The Morgan fingerprint density at radius 2 is 2.00 bits per heavy atom. The minimum atomic E-state index is -4.06. The van der Waals surface area contributed by atoms with Crippen LogP contribution < -0.4 is 5.32 Å². The molecule has 0 aromatic carbocycles. The fourth-order valence-corrected chi connectivity index (χ4v) is 2.26. The molecule has 0 spiro atoms. The first-order valence-electron chi connectivity index (χ1n) is 6.19. The maximum atomic E-state index is 11.9. The molecule has 0 amide bonds. The Labute approximate surface area is 101 Å². The summed E-state index contributed by atoms with van der Waals surface area (Å²) in [6.45, 7) is 7.35. The van der Waals surface area contributed by atoms with E-state index >= 15 is 0 Å². The van der Waals surface area contributed by atoms with Gasteiger partial charge in [-0.05, 0) is 19.4 Å². The molecule has 1 rings (SSSR count). The van der Waals surface area contributed by atoms with Gasteiger partial charge in [0.2, 0.25) is 0 Å². The maximum absolute atomic E-state index is 11.9. The number of nitrogens with one attached hydrogen (secondary N) is 1. The van der Waals surface area contributed by atoms with E-state index in [1.54, 1.807) is 0 Å². The molecule has 1 saturated carbocycles. The number of alkyl halides is 3. The van der Waals surface area contributed by atoms with Crippen LogP contribution in [-0.4, -0.2) is 31.5 Å². The molecule has 17 heavy (non-hydrogen) atoms. The average Bonchev–Trinajstić information content (AvgIpc) is 2.19. The Balaban J connectivity index is 2.18. The fourth-order valence-electron chi connectivity index (χ4n) is 2.26. The highest BCUT2D eigenvalue weighted by molar-refractivity contribution is 5.02. The molecule has 5 heteroatoms. The Bertz CT molecular complexity index is 240. The number of hydrogen-bond acceptors (Lipinski definition) is 2. The topological polar surface area (TPSA) is 21.3 Å². The molecule has 2 unspecified atom stereocenters. The molecule has 2 atom stereocenters. The fraction of sp³-hybridized carbons (Fsp3) is 1.00. The summed E-state index contributed by atoms with van der Waals surface area (Å²) in [7, 11) is 0. The van der Waals surface area contributed by atoms with Crippen molar-refractivity contribution in [1.29, 1.82) is 0 Å². The number of halogens is 3. The van der Waals surface area contributed by atoms with Crippen LogP contribution in [0.3, 0.4) is 0 Å². The summed E-state index contributed by atoms with van der Waals surface area (Å²) in [6.07, 6.45) is -3.78. The second kappa shape index (κ2) is 5.57. The van der Waals surface area contributed by atoms with E-state index in [1.807, 2.05) is 6.92 Å². The van der Waals surface area contributed by atoms with Crippen LogP contribution in [-0.2, 0) is 4.74 Å². The standard InChI is InChI=1S/C12H22F3NO/c1-4-16-9-8-10(11(9,2)3)17-7-5-6-12(13,14)15/h9-10,16H,4-8H2,1-3H3. The van der Waals surface area contributed by atoms with Crippen LogP contribution >= 0.6 is 0 Å². The molecule has 0 aromatic rings. The predicted molar refractivity (Wildman–Crippen MR) is 60.9 cm³/mol. The Morgan fingerprint density at radius 1 is 1.35 bits per heavy atom. The summed E-state index contributed by atoms with van der Waals surface area (Å²) in [5.41, 5.74) is 0.0221. The van der Waals surface area contributed by atoms with Gasteiger partial charge in [-0.1, -0.05) is 20.8 Å². The zero-order valence-corrected chi connectivity index (χ0v) is 10.7. The van der Waals surface area contributed by atoms with E-state index < -0.39 is 12.6 Å². The van der Waals surface area contributed by atoms with Gasteiger partial charge in [-0.2, -0.15) is 13.2 Å². The Morgan fingerprint density at radius 3 is 2.47 bits per heavy atom. The van der Waals surface area contributed by atoms with Crippen LogP contribution in [0.4, 0.5) is 13.2 Å². The second-order valence-corrected chi connectivity index (χ2v) is 5.25. The van der Waals surface area contributed by atoms with Gasteiger partial charge >= 0.3 is 6.18 Å². The van der Waals surface area contributed by atoms with Crippen molar-refractivity contribution in [2.24, 2.45) is 5.41 Å². The van der Waals surface area contributed by atoms with Crippen LogP contribution in [0.1, 0.15) is 40.0 Å². The van der Waals surface area contributed by atoms with Gasteiger partial charge in [0.25, 0.3) is 0 Å². The third-order valence-corrected chi connectivity index (χ3v) is 3.55. The third kappa shape index (κ3) is 4.14. The van der Waals surface area contributed by atoms with E-state index in [0.717, 1.165) is 13.0 Å². The second-order valence-electron chi connectivity index (χ2n) is 5.25. The van der Waals surface area contributed by atoms with Crippen molar-refractivity contribution >= 4 is 0 Å². The van der Waals surface area contributed by atoms with E-state index in [9.17, 15) is 13.2 Å². The Kier molecular flexibility index (Phi) is 4.84. The first-order valence-corrected chi connectivity index (χ1v) is 6.19. The van der Waals surface area contributed by atoms with Crippen molar-refractivity contribution in [3.63, 3.8) is 0 Å². The molecule has 2 nitrogen and oxygen atoms in total. The van der Waals surface area contributed by atoms with Crippen LogP contribution in [0, 0.1) is 5.41 Å². The van der Waals surface area contributed by atoms with Gasteiger partial charge in [0, 0.05) is 24.5 Å². The highest BCUT2D eigenvalue weighted by Crippen LogP contribution is 2.42. The summed E-state index contributed by atoms with van der Waals surface area (Å²) in [6, 6.07) is 0.417. The number of ether oxygens (including phenoxy) is 1. The van der Waals surface area contributed by atoms with Crippen molar-refractivity contribution < 1.29 is 17.9 Å². The zero-order chi connectivity index (χ0) is 13.1. The van der Waals surface area contributed by atoms with Gasteiger partial charge in [0.15, 0.2) is 0 Å². The number of rotatable bonds is 6. The summed E-state index contributed by atoms with van der Waals surface area (Å²) >= 11 is 0. The first kappa shape index (κ1) is 14.8. The summed E-state index contributed by atoms with van der Waals surface area (Å²) in [5, 5.41) is 3.36. The SMILES string of the molecule is CCNC1CC(OCCCC(F)(F)F)C1(C)C. The van der Waals surface area contributed by atoms with Crippen molar-refractivity contribution in [3.05, 3.63) is 0 Å². The molecule has 0 aromatic heterocycles. The molecule has 0 radical (unpaired) electrons. The maximum Gasteiger partial charge on any atom is 0.389 e. The molecule has 0 saturated heterocycles. The summed E-state index contributed by atoms with van der Waals surface area (Å²) < 4.78 is 41.3. The van der Waals surface area contributed by atoms with Gasteiger partial charge in [-0.25, -0.2) is 0 Å². The normalized spacial score (nSPS) is 27.9. The number of hydrogen-bond donors (Lipinski definition) is 1. The van der Waals surface area contributed by atoms with E-state index in [-0.39, 0.29) is 24.5 Å². The van der Waals surface area contributed by atoms with Crippen LogP contribution in [0.5, 0.6) is 0 Å². The van der Waals surface area contributed by atoms with Crippen molar-refractivity contribution in [3.8, 4) is 0 Å². The summed E-state index contributed by atoms with van der Waals surface area (Å²) in [5.74, 6) is 0. The predicted octanol–water partition coefficient (Wildman–Crippen LogP) is 3.12. The monoisotopic (exact) mass is 253 g/mol. The lowest BCUT2D eigenvalue weighted by Crippen LogP contribution is -2.60. The minimum Gasteiger partial charge on any atom is -0.378 e. The van der Waals surface area contributed by atoms with Gasteiger partial charge in [0.1, 0.15) is 0 Å². The average molecular weight is 253 g/mol. The lowest BCUT2D eigenvalue weighted by molar-refractivity contribution is -0.149. The molecule has 1 aliphatic carbocycles. The molecule has 0 bridgehead atoms. The molecule has 1 fully saturated rings. The van der Waals surface area contributed by atoms with Crippen molar-refractivity contribution in [2.45, 2.75) is 58.4 Å². The Hall–Kier alpha value is -0.290. The molecular weight excluding hydrogens is 231 g/mol. The summed E-state index contributed by atoms with van der Waals surface area (Å²) in [4.78, 5) is 0. The van der Waals surface area contributed by atoms with E-state index in [1.165, 1.54) is 0 Å². The zero-order valence-electron chi connectivity index (χ0n) is 10.7. The molecule has 1 N–H and O–H groups in total. The van der Waals surface area contributed by atoms with E-state index in [4.69, 9.17) is 4.74 Å². The van der Waals surface area contributed by atoms with Crippen molar-refractivity contribution in [2.75, 3.05) is 13.2 Å². The molecule has 0 aliphatic heterocycles. The van der Waals surface area contributed by atoms with Gasteiger partial charge in [-0.15, -0.1) is 0 Å². The largest absolute Gasteiger partial charge is 0.389 e. The van der Waals surface area contributed by atoms with E-state index in [2.05, 4.69) is 19.2 Å². The van der Waals surface area contributed by atoms with Crippen LogP contribution in [0.2, 0.25) is 0 Å². The van der Waals surface area contributed by atoms with Gasteiger partial charge in [0.05, 0.1) is 6.10 Å². The lowest BCUT2D eigenvalue weighted by Gasteiger charge is -2.52. The van der Waals surface area contributed by atoms with E-state index in [0.29, 0.717) is 6.04 Å². The molecular formula is C12H22F3NO. The lowest BCUT2D eigenvalue weighted by atomic mass is 9.64. The first-order chi connectivity index (χ1) is 7.77. The smallest absolute Gasteiger partial charge is 0.378 e. The van der Waals surface area contributed by atoms with Gasteiger partial charge in [-0.3, -0.25) is 0 Å². The molecule has 1 aliphatic rings.